The molecule has 6 rings (SSSR count). The summed E-state index contributed by atoms with van der Waals surface area (Å²) in [6.45, 7) is 2.01. The summed E-state index contributed by atoms with van der Waals surface area (Å²) in [6, 6.07) is 19.9. The number of anilines is 1. The Morgan fingerprint density at radius 2 is 1.76 bits per heavy atom. The van der Waals surface area contributed by atoms with E-state index in [1.165, 1.54) is 28.0 Å². The molecule has 3 amide bonds. The number of hydrogen-bond donors (Lipinski definition) is 2. The molecule has 4 aromatic rings. The zero-order chi connectivity index (χ0) is 29.1. The minimum atomic E-state index is -0.833. The lowest BCUT2D eigenvalue weighted by Gasteiger charge is -2.36. The number of benzene rings is 2. The predicted octanol–water partition coefficient (Wildman–Crippen LogP) is 5.66. The van der Waals surface area contributed by atoms with Crippen LogP contribution in [-0.2, 0) is 21.0 Å². The van der Waals surface area contributed by atoms with Gasteiger partial charge in [-0.1, -0.05) is 42.5 Å². The number of nitrogens with one attached hydrogen (secondary N) is 2. The third-order valence-corrected chi connectivity index (χ3v) is 9.54. The predicted molar refractivity (Wildman–Crippen MR) is 163 cm³/mol. The Morgan fingerprint density at radius 1 is 1.02 bits per heavy atom. The highest BCUT2D eigenvalue weighted by atomic mass is 32.2. The average molecular weight is 600 g/mol. The van der Waals surface area contributed by atoms with Crippen molar-refractivity contribution in [2.75, 3.05) is 11.1 Å². The third-order valence-electron chi connectivity index (χ3n) is 7.30. The van der Waals surface area contributed by atoms with Crippen molar-refractivity contribution in [2.45, 2.75) is 43.3 Å². The fraction of sp³-hybridized carbons (Fsp3) is 0.258. The molecule has 2 fully saturated rings. The van der Waals surface area contributed by atoms with Gasteiger partial charge in [0.15, 0.2) is 5.13 Å². The summed E-state index contributed by atoms with van der Waals surface area (Å²) in [5, 5.41) is 8.17. The number of hydrogen-bond acceptors (Lipinski definition) is 8. The molecule has 1 aliphatic carbocycles. The van der Waals surface area contributed by atoms with Crippen LogP contribution in [0, 0.1) is 0 Å². The first-order chi connectivity index (χ1) is 20.4. The second-order valence-corrected chi connectivity index (χ2v) is 12.6. The molecule has 214 valence electrons. The van der Waals surface area contributed by atoms with E-state index in [4.69, 9.17) is 4.74 Å². The molecule has 9 nitrogen and oxygen atoms in total. The van der Waals surface area contributed by atoms with Crippen molar-refractivity contribution in [1.29, 1.82) is 0 Å². The molecule has 0 bridgehead atoms. The Labute approximate surface area is 251 Å². The van der Waals surface area contributed by atoms with Crippen LogP contribution in [0.5, 0.6) is 0 Å². The van der Waals surface area contributed by atoms with Crippen molar-refractivity contribution in [3.05, 3.63) is 101 Å². The van der Waals surface area contributed by atoms with E-state index in [0.29, 0.717) is 28.2 Å². The first kappa shape index (κ1) is 27.9. The molecule has 1 aliphatic heterocycles. The minimum Gasteiger partial charge on any atom is -0.444 e. The van der Waals surface area contributed by atoms with E-state index in [9.17, 15) is 14.4 Å². The number of carbonyl (C=O) groups is 3. The highest BCUT2D eigenvalue weighted by Crippen LogP contribution is 2.47. The number of amides is 3. The number of ether oxygens (including phenoxy) is 1. The lowest BCUT2D eigenvalue weighted by molar-refractivity contribution is -0.120. The first-order valence-electron chi connectivity index (χ1n) is 13.6. The summed E-state index contributed by atoms with van der Waals surface area (Å²) in [7, 11) is 0. The Hall–Kier alpha value is -4.22. The topological polar surface area (TPSA) is 114 Å². The first-order valence-corrected chi connectivity index (χ1v) is 15.5. The number of rotatable bonds is 8. The normalized spacial score (nSPS) is 19.7. The lowest BCUT2D eigenvalue weighted by Crippen LogP contribution is -2.51. The van der Waals surface area contributed by atoms with Crippen molar-refractivity contribution in [1.82, 2.24) is 20.2 Å². The van der Waals surface area contributed by atoms with E-state index in [1.54, 1.807) is 24.5 Å². The fourth-order valence-electron chi connectivity index (χ4n) is 4.79. The van der Waals surface area contributed by atoms with Gasteiger partial charge >= 0.3 is 6.09 Å². The zero-order valence-corrected chi connectivity index (χ0v) is 24.5. The zero-order valence-electron chi connectivity index (χ0n) is 22.9. The fourth-order valence-corrected chi connectivity index (χ4v) is 6.94. The van der Waals surface area contributed by atoms with Crippen LogP contribution in [0.1, 0.15) is 41.3 Å². The van der Waals surface area contributed by atoms with Crippen molar-refractivity contribution in [2.24, 2.45) is 0 Å². The largest absolute Gasteiger partial charge is 0.444 e. The maximum absolute atomic E-state index is 13.6. The van der Waals surface area contributed by atoms with Gasteiger partial charge in [-0.15, -0.1) is 23.1 Å². The van der Waals surface area contributed by atoms with Gasteiger partial charge in [0.1, 0.15) is 17.5 Å². The van der Waals surface area contributed by atoms with Gasteiger partial charge in [0.05, 0.1) is 5.69 Å². The van der Waals surface area contributed by atoms with E-state index in [2.05, 4.69) is 20.6 Å². The van der Waals surface area contributed by atoms with E-state index < -0.39 is 17.0 Å². The molecule has 1 saturated heterocycles. The summed E-state index contributed by atoms with van der Waals surface area (Å²) < 4.78 is 5.71. The molecule has 0 radical (unpaired) electrons. The van der Waals surface area contributed by atoms with Gasteiger partial charge in [0.2, 0.25) is 5.91 Å². The van der Waals surface area contributed by atoms with Crippen LogP contribution in [0.15, 0.2) is 84.5 Å². The van der Waals surface area contributed by atoms with Crippen LogP contribution < -0.4 is 10.6 Å². The molecular weight excluding hydrogens is 571 g/mol. The maximum Gasteiger partial charge on any atom is 0.412 e. The average Bonchev–Trinajstić information content (AvgIpc) is 3.58. The molecule has 2 aliphatic rings. The van der Waals surface area contributed by atoms with E-state index in [0.717, 1.165) is 29.5 Å². The molecule has 1 saturated carbocycles. The summed E-state index contributed by atoms with van der Waals surface area (Å²) in [5.74, 6) is -0.0338. The quantitative estimate of drug-likeness (QED) is 0.269. The summed E-state index contributed by atoms with van der Waals surface area (Å²) in [6.07, 6.45) is 4.84. The summed E-state index contributed by atoms with van der Waals surface area (Å²) in [4.78, 5) is 48.9. The van der Waals surface area contributed by atoms with Crippen molar-refractivity contribution in [3.8, 4) is 11.3 Å². The molecule has 1 unspecified atom stereocenters. The molecule has 42 heavy (non-hydrogen) atoms. The highest BCUT2D eigenvalue weighted by Gasteiger charge is 2.51. The van der Waals surface area contributed by atoms with E-state index in [1.807, 2.05) is 66.9 Å². The van der Waals surface area contributed by atoms with Gasteiger partial charge in [0.25, 0.3) is 5.91 Å². The Balaban J connectivity index is 1.17. The van der Waals surface area contributed by atoms with Gasteiger partial charge in [-0.2, -0.15) is 0 Å². The van der Waals surface area contributed by atoms with Crippen LogP contribution in [0.25, 0.3) is 11.3 Å². The van der Waals surface area contributed by atoms with Crippen LogP contribution in [0.4, 0.5) is 9.93 Å². The molecule has 11 heteroatoms. The van der Waals surface area contributed by atoms with Crippen molar-refractivity contribution < 1.29 is 19.1 Å². The third kappa shape index (κ3) is 6.02. The van der Waals surface area contributed by atoms with E-state index in [-0.39, 0.29) is 18.4 Å². The molecule has 2 aromatic heterocycles. The van der Waals surface area contributed by atoms with Gasteiger partial charge in [0, 0.05) is 40.7 Å². The van der Waals surface area contributed by atoms with E-state index >= 15 is 0 Å². The van der Waals surface area contributed by atoms with Gasteiger partial charge in [-0.25, -0.2) is 9.78 Å². The smallest absolute Gasteiger partial charge is 0.412 e. The molecule has 2 aromatic carbocycles. The minimum absolute atomic E-state index is 0.0738. The maximum atomic E-state index is 13.6. The summed E-state index contributed by atoms with van der Waals surface area (Å²) in [5.41, 5.74) is 3.83. The molecule has 3 heterocycles. The second-order valence-electron chi connectivity index (χ2n) is 10.3. The molecule has 2 atom stereocenters. The molecular formula is C31H29N5O4S2. The number of thioether (sulfide) groups is 1. The number of aromatic nitrogens is 2. The molecule has 2 N–H and O–H groups in total. The van der Waals surface area contributed by atoms with Crippen LogP contribution in [-0.4, -0.2) is 50.6 Å². The number of thiazole rings is 1. The lowest BCUT2D eigenvalue weighted by atomic mass is 10.1. The SMILES string of the molecule is CC1(c2ccncc2)SC[C@@H](C(=O)Nc2nc(-c3ccc(C(=O)NC4CC4)cc3)cs2)N1C(=O)OCc1ccccc1. The van der Waals surface area contributed by atoms with Crippen LogP contribution in [0.3, 0.4) is 0 Å². The Morgan fingerprint density at radius 3 is 2.48 bits per heavy atom. The molecule has 0 spiro atoms. The van der Waals surface area contributed by atoms with Gasteiger partial charge in [-0.05, 0) is 55.2 Å². The standard InChI is InChI=1S/C31H29N5O4S2/c1-31(23-13-15-32-16-14-23)36(30(39)40-17-20-5-3-2-4-6-20)26(19-42-31)28(38)35-29-34-25(18-41-29)21-7-9-22(10-8-21)27(37)33-24-11-12-24/h2-10,13-16,18,24,26H,11-12,17,19H2,1H3,(H,33,37)(H,34,35,38)/t26-,31?/m0/s1. The summed E-state index contributed by atoms with van der Waals surface area (Å²) >= 11 is 2.80. The number of nitrogens with zero attached hydrogens (tertiary/aromatic N) is 3. The van der Waals surface area contributed by atoms with Crippen molar-refractivity contribution in [3.63, 3.8) is 0 Å². The van der Waals surface area contributed by atoms with Crippen LogP contribution in [0.2, 0.25) is 0 Å². The van der Waals surface area contributed by atoms with Crippen molar-refractivity contribution >= 4 is 46.1 Å². The monoisotopic (exact) mass is 599 g/mol. The van der Waals surface area contributed by atoms with Gasteiger partial charge < -0.3 is 15.4 Å². The van der Waals surface area contributed by atoms with Gasteiger partial charge in [-0.3, -0.25) is 19.5 Å². The Bertz CT molecular complexity index is 1580. The highest BCUT2D eigenvalue weighted by molar-refractivity contribution is 8.00. The second kappa shape index (κ2) is 11.9. The Kier molecular flexibility index (Phi) is 7.94. The number of pyridine rings is 1. The number of carbonyl (C=O) groups excluding carboxylic acids is 3. The van der Waals surface area contributed by atoms with Crippen LogP contribution >= 0.6 is 23.1 Å².